The number of nitrogens with one attached hydrogen (secondary N) is 2. The van der Waals surface area contributed by atoms with E-state index in [2.05, 4.69) is 10.0 Å². The maximum Gasteiger partial charge on any atom is 0.243 e. The molecule has 1 aliphatic rings. The van der Waals surface area contributed by atoms with Gasteiger partial charge >= 0.3 is 0 Å². The Hall–Kier alpha value is -1.05. The molecule has 1 fully saturated rings. The molecule has 0 aliphatic carbocycles. The van der Waals surface area contributed by atoms with Gasteiger partial charge in [0.2, 0.25) is 10.0 Å². The third kappa shape index (κ3) is 3.16. The SMILES string of the molecule is CC1(C)CNCCC1NS(=O)(=O)c1ccc(F)cc1F. The highest BCUT2D eigenvalue weighted by molar-refractivity contribution is 7.89. The van der Waals surface area contributed by atoms with Crippen molar-refractivity contribution in [2.45, 2.75) is 31.2 Å². The van der Waals surface area contributed by atoms with Crippen molar-refractivity contribution in [3.63, 3.8) is 0 Å². The van der Waals surface area contributed by atoms with Gasteiger partial charge in [-0.1, -0.05) is 13.8 Å². The zero-order chi connectivity index (χ0) is 15.0. The van der Waals surface area contributed by atoms with Crippen molar-refractivity contribution in [3.05, 3.63) is 29.8 Å². The largest absolute Gasteiger partial charge is 0.316 e. The van der Waals surface area contributed by atoms with Gasteiger partial charge in [-0.05, 0) is 30.5 Å². The van der Waals surface area contributed by atoms with Crippen LogP contribution in [0.25, 0.3) is 0 Å². The average Bonchev–Trinajstić information content (AvgIpc) is 2.31. The first-order valence-corrected chi connectivity index (χ1v) is 7.89. The minimum absolute atomic E-state index is 0.276. The number of hydrogen-bond acceptors (Lipinski definition) is 3. The van der Waals surface area contributed by atoms with E-state index < -0.39 is 26.6 Å². The van der Waals surface area contributed by atoms with Gasteiger partial charge in [-0.2, -0.15) is 0 Å². The predicted molar refractivity (Wildman–Crippen MR) is 71.7 cm³/mol. The molecule has 1 heterocycles. The quantitative estimate of drug-likeness (QED) is 0.892. The Balaban J connectivity index is 2.27. The summed E-state index contributed by atoms with van der Waals surface area (Å²) in [6, 6.07) is 2.16. The van der Waals surface area contributed by atoms with Gasteiger partial charge in [0.25, 0.3) is 0 Å². The molecule has 20 heavy (non-hydrogen) atoms. The summed E-state index contributed by atoms with van der Waals surface area (Å²) in [7, 11) is -4.00. The molecular formula is C13H18F2N2O2S. The van der Waals surface area contributed by atoms with Crippen molar-refractivity contribution >= 4 is 10.0 Å². The summed E-state index contributed by atoms with van der Waals surface area (Å²) in [5.41, 5.74) is -0.276. The fraction of sp³-hybridized carbons (Fsp3) is 0.538. The zero-order valence-electron chi connectivity index (χ0n) is 11.4. The third-order valence-corrected chi connectivity index (χ3v) is 5.12. The standard InChI is InChI=1S/C13H18F2N2O2S/c1-13(2)8-16-6-5-12(13)17-20(18,19)11-4-3-9(14)7-10(11)15/h3-4,7,12,16-17H,5-6,8H2,1-2H3. The molecule has 1 aromatic carbocycles. The number of piperidine rings is 1. The molecule has 0 aromatic heterocycles. The molecule has 4 nitrogen and oxygen atoms in total. The zero-order valence-corrected chi connectivity index (χ0v) is 12.2. The van der Waals surface area contributed by atoms with Crippen molar-refractivity contribution in [1.29, 1.82) is 0 Å². The van der Waals surface area contributed by atoms with Crippen molar-refractivity contribution in [2.75, 3.05) is 13.1 Å². The van der Waals surface area contributed by atoms with Crippen LogP contribution < -0.4 is 10.0 Å². The van der Waals surface area contributed by atoms with Crippen molar-refractivity contribution in [3.8, 4) is 0 Å². The monoisotopic (exact) mass is 304 g/mol. The molecule has 7 heteroatoms. The van der Waals surface area contributed by atoms with Gasteiger partial charge in [0.1, 0.15) is 16.5 Å². The van der Waals surface area contributed by atoms with Gasteiger partial charge in [-0.25, -0.2) is 21.9 Å². The van der Waals surface area contributed by atoms with Gasteiger partial charge in [-0.15, -0.1) is 0 Å². The number of sulfonamides is 1. The number of hydrogen-bond donors (Lipinski definition) is 2. The Kier molecular flexibility index (Phi) is 4.13. The second-order valence-electron chi connectivity index (χ2n) is 5.70. The molecule has 0 amide bonds. The Morgan fingerprint density at radius 1 is 1.35 bits per heavy atom. The van der Waals surface area contributed by atoms with E-state index in [1.54, 1.807) is 0 Å². The van der Waals surface area contributed by atoms with Gasteiger partial charge in [0.15, 0.2) is 0 Å². The van der Waals surface area contributed by atoms with Crippen LogP contribution in [0, 0.1) is 17.0 Å². The van der Waals surface area contributed by atoms with E-state index in [4.69, 9.17) is 0 Å². The second-order valence-corrected chi connectivity index (χ2v) is 7.39. The van der Waals surface area contributed by atoms with E-state index in [1.165, 1.54) is 0 Å². The Bertz CT molecular complexity index is 602. The Labute approximate surface area is 117 Å². The summed E-state index contributed by atoms with van der Waals surface area (Å²) in [6.45, 7) is 5.25. The van der Waals surface area contributed by atoms with Crippen LogP contribution in [0.15, 0.2) is 23.1 Å². The molecule has 0 bridgehead atoms. The summed E-state index contributed by atoms with van der Waals surface area (Å²) < 4.78 is 53.5. The minimum atomic E-state index is -4.00. The fourth-order valence-electron chi connectivity index (χ4n) is 2.33. The maximum atomic E-state index is 13.6. The normalized spacial score (nSPS) is 22.7. The van der Waals surface area contributed by atoms with Crippen LogP contribution >= 0.6 is 0 Å². The van der Waals surface area contributed by atoms with Crippen LogP contribution in [-0.2, 0) is 10.0 Å². The molecule has 1 aromatic rings. The molecule has 112 valence electrons. The van der Waals surface area contributed by atoms with Crippen LogP contribution in [0.3, 0.4) is 0 Å². The summed E-state index contributed by atoms with van der Waals surface area (Å²) in [6.07, 6.45) is 0.620. The van der Waals surface area contributed by atoms with E-state index in [0.717, 1.165) is 12.1 Å². The highest BCUT2D eigenvalue weighted by atomic mass is 32.2. The molecule has 0 saturated carbocycles. The highest BCUT2D eigenvalue weighted by Gasteiger charge is 2.35. The lowest BCUT2D eigenvalue weighted by Crippen LogP contribution is -2.54. The Morgan fingerprint density at radius 2 is 2.05 bits per heavy atom. The maximum absolute atomic E-state index is 13.6. The molecule has 0 spiro atoms. The number of benzene rings is 1. The Morgan fingerprint density at radius 3 is 2.65 bits per heavy atom. The molecule has 1 aliphatic heterocycles. The predicted octanol–water partition coefficient (Wildman–Crippen LogP) is 1.63. The summed E-state index contributed by atoms with van der Waals surface area (Å²) in [5.74, 6) is -1.88. The highest BCUT2D eigenvalue weighted by Crippen LogP contribution is 2.27. The first-order valence-electron chi connectivity index (χ1n) is 6.40. The van der Waals surface area contributed by atoms with Gasteiger partial charge in [0, 0.05) is 18.7 Å². The van der Waals surface area contributed by atoms with Crippen molar-refractivity contribution < 1.29 is 17.2 Å². The van der Waals surface area contributed by atoms with E-state index in [-0.39, 0.29) is 11.5 Å². The molecule has 2 N–H and O–H groups in total. The first kappa shape index (κ1) is 15.3. The topological polar surface area (TPSA) is 58.2 Å². The minimum Gasteiger partial charge on any atom is -0.316 e. The van der Waals surface area contributed by atoms with E-state index in [0.29, 0.717) is 25.6 Å². The van der Waals surface area contributed by atoms with Crippen LogP contribution in [-0.4, -0.2) is 27.5 Å². The second kappa shape index (κ2) is 5.38. The van der Waals surface area contributed by atoms with Crippen LogP contribution in [0.4, 0.5) is 8.78 Å². The van der Waals surface area contributed by atoms with Crippen LogP contribution in [0.1, 0.15) is 20.3 Å². The van der Waals surface area contributed by atoms with Gasteiger partial charge in [0.05, 0.1) is 0 Å². The first-order chi connectivity index (χ1) is 9.22. The lowest BCUT2D eigenvalue weighted by atomic mass is 9.81. The third-order valence-electron chi connectivity index (χ3n) is 3.61. The van der Waals surface area contributed by atoms with E-state index in [1.807, 2.05) is 13.8 Å². The summed E-state index contributed by atoms with van der Waals surface area (Å²) >= 11 is 0. The van der Waals surface area contributed by atoms with Gasteiger partial charge < -0.3 is 5.32 Å². The molecule has 1 saturated heterocycles. The molecule has 0 radical (unpaired) electrons. The molecule has 2 rings (SSSR count). The average molecular weight is 304 g/mol. The number of rotatable bonds is 3. The van der Waals surface area contributed by atoms with E-state index in [9.17, 15) is 17.2 Å². The number of halogens is 2. The lowest BCUT2D eigenvalue weighted by Gasteiger charge is -2.39. The summed E-state index contributed by atoms with van der Waals surface area (Å²) in [5, 5.41) is 3.19. The van der Waals surface area contributed by atoms with Crippen LogP contribution in [0.2, 0.25) is 0 Å². The van der Waals surface area contributed by atoms with Crippen LogP contribution in [0.5, 0.6) is 0 Å². The molecule has 1 atom stereocenters. The van der Waals surface area contributed by atoms with Crippen molar-refractivity contribution in [1.82, 2.24) is 10.0 Å². The summed E-state index contributed by atoms with van der Waals surface area (Å²) in [4.78, 5) is -0.520. The lowest BCUT2D eigenvalue weighted by molar-refractivity contribution is 0.206. The van der Waals surface area contributed by atoms with Crippen molar-refractivity contribution in [2.24, 2.45) is 5.41 Å². The van der Waals surface area contributed by atoms with Gasteiger partial charge in [-0.3, -0.25) is 0 Å². The molecular weight excluding hydrogens is 286 g/mol. The smallest absolute Gasteiger partial charge is 0.243 e. The molecule has 1 unspecified atom stereocenters. The fourth-order valence-corrected chi connectivity index (χ4v) is 3.83. The van der Waals surface area contributed by atoms with E-state index >= 15 is 0 Å².